The molecule has 0 atom stereocenters. The van der Waals surface area contributed by atoms with Gasteiger partial charge in [-0.05, 0) is 60.9 Å². The van der Waals surface area contributed by atoms with E-state index in [1.54, 1.807) is 6.08 Å². The van der Waals surface area contributed by atoms with Crippen LogP contribution in [-0.2, 0) is 4.79 Å². The number of hydrogen-bond donors (Lipinski definition) is 1. The second-order valence-corrected chi connectivity index (χ2v) is 6.76. The Bertz CT molecular complexity index is 732. The normalized spacial score (nSPS) is 15.2. The molecule has 3 rings (SSSR count). The minimum absolute atomic E-state index is 0.150. The van der Waals surface area contributed by atoms with Crippen molar-refractivity contribution in [2.75, 3.05) is 23.3 Å². The Hall–Kier alpha value is -2.26. The van der Waals surface area contributed by atoms with E-state index >= 15 is 0 Å². The standard InChI is InChI=1S/C21H23ClN2O/c22-18-7-5-6-17(16-18)8-13-21(25)23-19-9-11-20(12-10-19)24-14-3-1-2-4-15-24/h5-13,16H,1-4,14-15H2,(H,23,25)/b13-8+. The second kappa shape index (κ2) is 8.72. The van der Waals surface area contributed by atoms with Crippen LogP contribution in [0, 0.1) is 0 Å². The molecule has 1 amide bonds. The van der Waals surface area contributed by atoms with Crippen LogP contribution in [0.5, 0.6) is 0 Å². The van der Waals surface area contributed by atoms with Gasteiger partial charge in [-0.1, -0.05) is 36.6 Å². The van der Waals surface area contributed by atoms with Gasteiger partial charge in [-0.2, -0.15) is 0 Å². The number of amides is 1. The summed E-state index contributed by atoms with van der Waals surface area (Å²) in [6.45, 7) is 2.24. The minimum Gasteiger partial charge on any atom is -0.372 e. The zero-order valence-electron chi connectivity index (χ0n) is 14.2. The van der Waals surface area contributed by atoms with E-state index in [0.717, 1.165) is 24.3 Å². The fourth-order valence-corrected chi connectivity index (χ4v) is 3.25. The maximum Gasteiger partial charge on any atom is 0.248 e. The van der Waals surface area contributed by atoms with Crippen molar-refractivity contribution < 1.29 is 4.79 Å². The molecule has 2 aromatic carbocycles. The van der Waals surface area contributed by atoms with E-state index in [2.05, 4.69) is 22.3 Å². The number of rotatable bonds is 4. The van der Waals surface area contributed by atoms with Crippen LogP contribution in [0.15, 0.2) is 54.6 Å². The Labute approximate surface area is 154 Å². The molecule has 0 bridgehead atoms. The predicted octanol–water partition coefficient (Wildman–Crippen LogP) is 5.37. The van der Waals surface area contributed by atoms with Gasteiger partial charge in [0, 0.05) is 35.6 Å². The molecule has 0 unspecified atom stereocenters. The summed E-state index contributed by atoms with van der Waals surface area (Å²) in [5, 5.41) is 3.55. The summed E-state index contributed by atoms with van der Waals surface area (Å²) in [6.07, 6.45) is 8.44. The van der Waals surface area contributed by atoms with Crippen LogP contribution in [0.4, 0.5) is 11.4 Å². The number of halogens is 1. The summed E-state index contributed by atoms with van der Waals surface area (Å²) in [5.41, 5.74) is 2.94. The first-order valence-corrected chi connectivity index (χ1v) is 9.18. The van der Waals surface area contributed by atoms with E-state index in [-0.39, 0.29) is 5.91 Å². The lowest BCUT2D eigenvalue weighted by molar-refractivity contribution is -0.111. The molecule has 0 radical (unpaired) electrons. The maximum atomic E-state index is 12.1. The summed E-state index contributed by atoms with van der Waals surface area (Å²) in [5.74, 6) is -0.150. The average Bonchev–Trinajstić information content (AvgIpc) is 2.90. The first-order valence-electron chi connectivity index (χ1n) is 8.80. The largest absolute Gasteiger partial charge is 0.372 e. The molecule has 1 aliphatic heterocycles. The second-order valence-electron chi connectivity index (χ2n) is 6.33. The van der Waals surface area contributed by atoms with Crippen LogP contribution in [0.1, 0.15) is 31.2 Å². The van der Waals surface area contributed by atoms with Gasteiger partial charge < -0.3 is 10.2 Å². The van der Waals surface area contributed by atoms with Gasteiger partial charge in [0.25, 0.3) is 0 Å². The zero-order chi connectivity index (χ0) is 17.5. The number of hydrogen-bond acceptors (Lipinski definition) is 2. The molecule has 1 aliphatic rings. The minimum atomic E-state index is -0.150. The van der Waals surface area contributed by atoms with Crippen LogP contribution in [0.3, 0.4) is 0 Å². The van der Waals surface area contributed by atoms with Crippen molar-refractivity contribution in [2.45, 2.75) is 25.7 Å². The molecular formula is C21H23ClN2O. The van der Waals surface area contributed by atoms with Gasteiger partial charge in [-0.3, -0.25) is 4.79 Å². The topological polar surface area (TPSA) is 32.3 Å². The number of carbonyl (C=O) groups is 1. The van der Waals surface area contributed by atoms with Crippen molar-refractivity contribution in [3.05, 3.63) is 65.2 Å². The van der Waals surface area contributed by atoms with Gasteiger partial charge in [-0.15, -0.1) is 0 Å². The van der Waals surface area contributed by atoms with Gasteiger partial charge in [-0.25, -0.2) is 0 Å². The molecule has 0 saturated carbocycles. The average molecular weight is 355 g/mol. The summed E-state index contributed by atoms with van der Waals surface area (Å²) in [6, 6.07) is 15.5. The highest BCUT2D eigenvalue weighted by atomic mass is 35.5. The Balaban J connectivity index is 1.58. The first kappa shape index (κ1) is 17.6. The van der Waals surface area contributed by atoms with E-state index in [4.69, 9.17) is 11.6 Å². The third-order valence-corrected chi connectivity index (χ3v) is 4.62. The number of carbonyl (C=O) groups excluding carboxylic acids is 1. The number of nitrogens with zero attached hydrogens (tertiary/aromatic N) is 1. The molecule has 0 aromatic heterocycles. The van der Waals surface area contributed by atoms with Crippen molar-refractivity contribution in [1.82, 2.24) is 0 Å². The molecule has 130 valence electrons. The monoisotopic (exact) mass is 354 g/mol. The summed E-state index contributed by atoms with van der Waals surface area (Å²) in [7, 11) is 0. The Morgan fingerprint density at radius 1 is 1.00 bits per heavy atom. The van der Waals surface area contributed by atoms with Crippen molar-refractivity contribution in [3.8, 4) is 0 Å². The van der Waals surface area contributed by atoms with Crippen molar-refractivity contribution in [1.29, 1.82) is 0 Å². The van der Waals surface area contributed by atoms with Crippen molar-refractivity contribution in [3.63, 3.8) is 0 Å². The van der Waals surface area contributed by atoms with Crippen molar-refractivity contribution in [2.24, 2.45) is 0 Å². The van der Waals surface area contributed by atoms with Gasteiger partial charge in [0.05, 0.1) is 0 Å². The molecular weight excluding hydrogens is 332 g/mol. The molecule has 0 aliphatic carbocycles. The number of benzene rings is 2. The highest BCUT2D eigenvalue weighted by molar-refractivity contribution is 6.30. The number of anilines is 2. The quantitative estimate of drug-likeness (QED) is 0.748. The molecule has 1 heterocycles. The summed E-state index contributed by atoms with van der Waals surface area (Å²) in [4.78, 5) is 14.5. The SMILES string of the molecule is O=C(/C=C/c1cccc(Cl)c1)Nc1ccc(N2CCCCCC2)cc1. The predicted molar refractivity (Wildman–Crippen MR) is 106 cm³/mol. The Morgan fingerprint density at radius 3 is 2.40 bits per heavy atom. The van der Waals surface area contributed by atoms with Crippen LogP contribution in [0.2, 0.25) is 5.02 Å². The highest BCUT2D eigenvalue weighted by Gasteiger charge is 2.09. The lowest BCUT2D eigenvalue weighted by Gasteiger charge is -2.22. The van der Waals surface area contributed by atoms with E-state index in [0.29, 0.717) is 5.02 Å². The van der Waals surface area contributed by atoms with E-state index in [9.17, 15) is 4.79 Å². The molecule has 0 spiro atoms. The lowest BCUT2D eigenvalue weighted by atomic mass is 10.2. The van der Waals surface area contributed by atoms with Gasteiger partial charge in [0.2, 0.25) is 5.91 Å². The third-order valence-electron chi connectivity index (χ3n) is 4.38. The molecule has 1 fully saturated rings. The maximum absolute atomic E-state index is 12.1. The summed E-state index contributed by atoms with van der Waals surface area (Å²) < 4.78 is 0. The van der Waals surface area contributed by atoms with Gasteiger partial charge in [0.1, 0.15) is 0 Å². The van der Waals surface area contributed by atoms with E-state index in [1.165, 1.54) is 37.4 Å². The molecule has 4 heteroatoms. The fourth-order valence-electron chi connectivity index (χ4n) is 3.05. The smallest absolute Gasteiger partial charge is 0.248 e. The zero-order valence-corrected chi connectivity index (χ0v) is 15.0. The molecule has 2 aromatic rings. The van der Waals surface area contributed by atoms with Gasteiger partial charge >= 0.3 is 0 Å². The third kappa shape index (κ3) is 5.36. The molecule has 3 nitrogen and oxygen atoms in total. The van der Waals surface area contributed by atoms with Crippen LogP contribution in [-0.4, -0.2) is 19.0 Å². The lowest BCUT2D eigenvalue weighted by Crippen LogP contribution is -2.23. The summed E-state index contributed by atoms with van der Waals surface area (Å²) >= 11 is 5.94. The van der Waals surface area contributed by atoms with E-state index < -0.39 is 0 Å². The van der Waals surface area contributed by atoms with E-state index in [1.807, 2.05) is 36.4 Å². The van der Waals surface area contributed by atoms with Crippen LogP contribution in [0.25, 0.3) is 6.08 Å². The number of nitrogens with one attached hydrogen (secondary N) is 1. The Kier molecular flexibility index (Phi) is 6.13. The molecule has 1 saturated heterocycles. The Morgan fingerprint density at radius 2 is 1.72 bits per heavy atom. The fraction of sp³-hybridized carbons (Fsp3) is 0.286. The van der Waals surface area contributed by atoms with Crippen LogP contribution < -0.4 is 10.2 Å². The van der Waals surface area contributed by atoms with Crippen LogP contribution >= 0.6 is 11.6 Å². The first-order chi connectivity index (χ1) is 12.2. The molecule has 25 heavy (non-hydrogen) atoms. The van der Waals surface area contributed by atoms with Crippen molar-refractivity contribution >= 4 is 35.0 Å². The highest BCUT2D eigenvalue weighted by Crippen LogP contribution is 2.21. The molecule has 1 N–H and O–H groups in total. The van der Waals surface area contributed by atoms with Gasteiger partial charge in [0.15, 0.2) is 0 Å².